The van der Waals surface area contributed by atoms with Crippen LogP contribution in [0.4, 0.5) is 9.59 Å². The molecule has 0 aliphatic rings. The van der Waals surface area contributed by atoms with Gasteiger partial charge in [-0.25, -0.2) is 21.3 Å². The molecular weight excluding hydrogens is 228 g/mol. The zero-order chi connectivity index (χ0) is 13.1. The lowest BCUT2D eigenvalue weighted by molar-refractivity contribution is 0.140. The van der Waals surface area contributed by atoms with Gasteiger partial charge in [-0.05, 0) is 5.56 Å². The lowest BCUT2D eigenvalue weighted by atomic mass is 10.2. The molecule has 8 heteroatoms. The standard InChI is InChI=1S/C8H10N2O2.CH4N2O2/c9-10-8(11)12-6-7-4-2-1-3-5-7;2-3-1(4)5/h1-5H,6,9H2,(H,10,11);3H,2H2,(H,4,5). The summed E-state index contributed by atoms with van der Waals surface area (Å²) in [5.41, 5.74) is 4.25. The largest absolute Gasteiger partial charge is 0.464 e. The van der Waals surface area contributed by atoms with Crippen molar-refractivity contribution in [1.29, 1.82) is 0 Å². The fourth-order valence-corrected chi connectivity index (χ4v) is 0.765. The van der Waals surface area contributed by atoms with E-state index in [1.54, 1.807) is 0 Å². The first-order valence-corrected chi connectivity index (χ1v) is 4.47. The lowest BCUT2D eigenvalue weighted by Gasteiger charge is -2.02. The van der Waals surface area contributed by atoms with E-state index >= 15 is 0 Å². The van der Waals surface area contributed by atoms with Gasteiger partial charge in [-0.3, -0.25) is 10.9 Å². The Balaban J connectivity index is 0.000000437. The Morgan fingerprint density at radius 2 is 1.71 bits per heavy atom. The van der Waals surface area contributed by atoms with Crippen molar-refractivity contribution in [2.75, 3.05) is 0 Å². The van der Waals surface area contributed by atoms with Crippen molar-refractivity contribution in [3.05, 3.63) is 35.9 Å². The summed E-state index contributed by atoms with van der Waals surface area (Å²) >= 11 is 0. The second-order valence-corrected chi connectivity index (χ2v) is 2.66. The highest BCUT2D eigenvalue weighted by Crippen LogP contribution is 1.99. The van der Waals surface area contributed by atoms with Crippen LogP contribution in [0.25, 0.3) is 0 Å². The van der Waals surface area contributed by atoms with E-state index in [0.717, 1.165) is 5.56 Å². The van der Waals surface area contributed by atoms with Crippen LogP contribution in [-0.4, -0.2) is 17.3 Å². The summed E-state index contributed by atoms with van der Waals surface area (Å²) in [6.45, 7) is 0.240. The summed E-state index contributed by atoms with van der Waals surface area (Å²) in [7, 11) is 0. The average molecular weight is 242 g/mol. The predicted molar refractivity (Wildman–Crippen MR) is 59.3 cm³/mol. The highest BCUT2D eigenvalue weighted by Gasteiger charge is 1.97. The van der Waals surface area contributed by atoms with Gasteiger partial charge in [0, 0.05) is 0 Å². The second-order valence-electron chi connectivity index (χ2n) is 2.66. The molecule has 1 rings (SSSR count). The topological polar surface area (TPSA) is 140 Å². The minimum absolute atomic E-state index is 0.240. The Bertz CT molecular complexity index is 344. The Morgan fingerprint density at radius 1 is 1.18 bits per heavy atom. The molecule has 0 heterocycles. The Morgan fingerprint density at radius 3 is 2.12 bits per heavy atom. The number of ether oxygens (including phenoxy) is 1. The van der Waals surface area contributed by atoms with Crippen LogP contribution in [0.15, 0.2) is 30.3 Å². The van der Waals surface area contributed by atoms with Crippen LogP contribution in [0.3, 0.4) is 0 Å². The number of carboxylic acid groups (broad SMARTS) is 1. The smallest absolute Gasteiger partial charge is 0.421 e. The van der Waals surface area contributed by atoms with E-state index in [4.69, 9.17) is 20.5 Å². The fraction of sp³-hybridized carbons (Fsp3) is 0.111. The molecule has 0 aliphatic carbocycles. The molecule has 0 spiro atoms. The maximum atomic E-state index is 10.5. The molecule has 0 bridgehead atoms. The number of benzene rings is 1. The Hall–Kier alpha value is -2.32. The minimum Gasteiger partial charge on any atom is -0.464 e. The van der Waals surface area contributed by atoms with Crippen molar-refractivity contribution >= 4 is 12.2 Å². The van der Waals surface area contributed by atoms with Crippen LogP contribution < -0.4 is 22.5 Å². The molecule has 94 valence electrons. The SMILES string of the molecule is NNC(=O)O.NNC(=O)OCc1ccccc1. The molecule has 0 saturated heterocycles. The molecule has 0 unspecified atom stereocenters. The molecule has 17 heavy (non-hydrogen) atoms. The summed E-state index contributed by atoms with van der Waals surface area (Å²) in [5, 5.41) is 7.49. The highest BCUT2D eigenvalue weighted by molar-refractivity contribution is 5.66. The number of carbonyl (C=O) groups is 2. The van der Waals surface area contributed by atoms with Crippen molar-refractivity contribution < 1.29 is 19.4 Å². The molecular formula is C9H14N4O4. The number of hydrogen-bond acceptors (Lipinski definition) is 5. The molecule has 2 amide bonds. The van der Waals surface area contributed by atoms with E-state index < -0.39 is 12.2 Å². The summed E-state index contributed by atoms with van der Waals surface area (Å²) in [4.78, 5) is 19.7. The molecule has 0 saturated carbocycles. The summed E-state index contributed by atoms with van der Waals surface area (Å²) in [5.74, 6) is 9.13. The van der Waals surface area contributed by atoms with E-state index in [0.29, 0.717) is 0 Å². The second kappa shape index (κ2) is 8.95. The number of hydrazine groups is 2. The molecule has 0 aromatic heterocycles. The molecule has 8 nitrogen and oxygen atoms in total. The van der Waals surface area contributed by atoms with E-state index in [1.165, 1.54) is 5.43 Å². The molecule has 0 atom stereocenters. The highest BCUT2D eigenvalue weighted by atomic mass is 16.5. The van der Waals surface area contributed by atoms with E-state index in [9.17, 15) is 4.79 Å². The van der Waals surface area contributed by atoms with Gasteiger partial charge in [0.05, 0.1) is 0 Å². The molecule has 0 radical (unpaired) electrons. The quantitative estimate of drug-likeness (QED) is 0.279. The fourth-order valence-electron chi connectivity index (χ4n) is 0.765. The van der Waals surface area contributed by atoms with Crippen LogP contribution in [0.2, 0.25) is 0 Å². The number of amides is 2. The normalized spacial score (nSPS) is 8.35. The van der Waals surface area contributed by atoms with Crippen molar-refractivity contribution in [2.45, 2.75) is 6.61 Å². The third kappa shape index (κ3) is 8.66. The van der Waals surface area contributed by atoms with Gasteiger partial charge in [0.2, 0.25) is 0 Å². The van der Waals surface area contributed by atoms with Gasteiger partial charge < -0.3 is 9.84 Å². The number of nitrogens with one attached hydrogen (secondary N) is 2. The van der Waals surface area contributed by atoms with Gasteiger partial charge in [0.25, 0.3) is 0 Å². The van der Waals surface area contributed by atoms with Crippen LogP contribution in [0, 0.1) is 0 Å². The van der Waals surface area contributed by atoms with Crippen LogP contribution in [-0.2, 0) is 11.3 Å². The van der Waals surface area contributed by atoms with Crippen LogP contribution in [0.5, 0.6) is 0 Å². The molecule has 0 fully saturated rings. The van der Waals surface area contributed by atoms with E-state index in [1.807, 2.05) is 35.8 Å². The van der Waals surface area contributed by atoms with E-state index in [2.05, 4.69) is 5.84 Å². The maximum absolute atomic E-state index is 10.5. The van der Waals surface area contributed by atoms with Gasteiger partial charge >= 0.3 is 12.2 Å². The van der Waals surface area contributed by atoms with E-state index in [-0.39, 0.29) is 6.61 Å². The van der Waals surface area contributed by atoms with Gasteiger partial charge in [-0.15, -0.1) is 0 Å². The maximum Gasteiger partial charge on any atom is 0.421 e. The molecule has 1 aromatic rings. The first kappa shape index (κ1) is 14.7. The molecule has 7 N–H and O–H groups in total. The molecule has 1 aromatic carbocycles. The first-order chi connectivity index (χ1) is 8.10. The van der Waals surface area contributed by atoms with Gasteiger partial charge in [-0.2, -0.15) is 0 Å². The molecule has 0 aliphatic heterocycles. The minimum atomic E-state index is -1.22. The van der Waals surface area contributed by atoms with Crippen LogP contribution >= 0.6 is 0 Å². The van der Waals surface area contributed by atoms with Crippen molar-refractivity contribution in [2.24, 2.45) is 11.7 Å². The Labute approximate surface area is 97.5 Å². The first-order valence-electron chi connectivity index (χ1n) is 4.47. The summed E-state index contributed by atoms with van der Waals surface area (Å²) in [6, 6.07) is 9.37. The average Bonchev–Trinajstić information content (AvgIpc) is 2.37. The number of hydrogen-bond donors (Lipinski definition) is 5. The zero-order valence-corrected chi connectivity index (χ0v) is 8.92. The van der Waals surface area contributed by atoms with Crippen molar-refractivity contribution in [3.63, 3.8) is 0 Å². The zero-order valence-electron chi connectivity index (χ0n) is 8.92. The van der Waals surface area contributed by atoms with Crippen molar-refractivity contribution in [3.8, 4) is 0 Å². The number of carbonyl (C=O) groups excluding carboxylic acids is 1. The predicted octanol–water partition coefficient (Wildman–Crippen LogP) is -0.0858. The number of nitrogens with two attached hydrogens (primary N) is 2. The van der Waals surface area contributed by atoms with Crippen LogP contribution in [0.1, 0.15) is 5.56 Å². The summed E-state index contributed by atoms with van der Waals surface area (Å²) in [6.07, 6.45) is -1.84. The number of rotatable bonds is 2. The third-order valence-corrected chi connectivity index (χ3v) is 1.45. The Kier molecular flexibility index (Phi) is 7.73. The van der Waals surface area contributed by atoms with Gasteiger partial charge in [0.1, 0.15) is 6.61 Å². The van der Waals surface area contributed by atoms with Gasteiger partial charge in [-0.1, -0.05) is 30.3 Å². The monoisotopic (exact) mass is 242 g/mol. The third-order valence-electron chi connectivity index (χ3n) is 1.45. The van der Waals surface area contributed by atoms with Crippen molar-refractivity contribution in [1.82, 2.24) is 10.9 Å². The summed E-state index contributed by atoms with van der Waals surface area (Å²) < 4.78 is 4.70. The lowest BCUT2D eigenvalue weighted by Crippen LogP contribution is -2.30. The van der Waals surface area contributed by atoms with Gasteiger partial charge in [0.15, 0.2) is 0 Å².